The summed E-state index contributed by atoms with van der Waals surface area (Å²) in [6, 6.07) is 37.2. The first-order chi connectivity index (χ1) is 14.8. The third-order valence-corrected chi connectivity index (χ3v) is 4.95. The summed E-state index contributed by atoms with van der Waals surface area (Å²) in [6.07, 6.45) is 0.886. The summed E-state index contributed by atoms with van der Waals surface area (Å²) in [5.41, 5.74) is 6.52. The van der Waals surface area contributed by atoms with Crippen molar-refractivity contribution in [3.8, 4) is 16.9 Å². The van der Waals surface area contributed by atoms with Crippen LogP contribution in [0.4, 0.5) is 5.69 Å². The van der Waals surface area contributed by atoms with E-state index in [9.17, 15) is 0 Å². The third kappa shape index (κ3) is 5.18. The minimum atomic E-state index is 0.646. The highest BCUT2D eigenvalue weighted by Gasteiger charge is 2.04. The maximum atomic E-state index is 5.95. The van der Waals surface area contributed by atoms with Gasteiger partial charge in [-0.3, -0.25) is 0 Å². The molecule has 4 aromatic carbocycles. The first-order valence-corrected chi connectivity index (χ1v) is 10.2. The minimum absolute atomic E-state index is 0.646. The summed E-state index contributed by atoms with van der Waals surface area (Å²) >= 11 is 0. The monoisotopic (exact) mass is 391 g/mol. The molecule has 4 rings (SSSR count). The predicted molar refractivity (Wildman–Crippen MR) is 127 cm³/mol. The summed E-state index contributed by atoms with van der Waals surface area (Å²) in [4.78, 5) is 0. The van der Waals surface area contributed by atoms with Crippen molar-refractivity contribution in [2.45, 2.75) is 6.42 Å². The predicted octanol–water partition coefficient (Wildman–Crippen LogP) is 7.06. The van der Waals surface area contributed by atoms with Gasteiger partial charge in [-0.2, -0.15) is 0 Å². The molecule has 2 nitrogen and oxygen atoms in total. The SMILES string of the molecule is C=C(Nc1cccc(OCCc2ccccc2)c1)c1cccc(-c2ccccc2)c1. The van der Waals surface area contributed by atoms with Crippen molar-refractivity contribution < 1.29 is 4.74 Å². The number of benzene rings is 4. The molecule has 0 heterocycles. The maximum Gasteiger partial charge on any atom is 0.121 e. The van der Waals surface area contributed by atoms with E-state index in [2.05, 4.69) is 84.7 Å². The molecule has 0 fully saturated rings. The highest BCUT2D eigenvalue weighted by atomic mass is 16.5. The van der Waals surface area contributed by atoms with E-state index in [0.29, 0.717) is 6.61 Å². The molecule has 0 aromatic heterocycles. The van der Waals surface area contributed by atoms with Crippen LogP contribution in [0.3, 0.4) is 0 Å². The lowest BCUT2D eigenvalue weighted by molar-refractivity contribution is 0.322. The molecule has 0 saturated carbocycles. The smallest absolute Gasteiger partial charge is 0.121 e. The van der Waals surface area contributed by atoms with E-state index in [4.69, 9.17) is 4.74 Å². The topological polar surface area (TPSA) is 21.3 Å². The van der Waals surface area contributed by atoms with Crippen LogP contribution in [0.1, 0.15) is 11.1 Å². The molecule has 0 unspecified atom stereocenters. The first-order valence-electron chi connectivity index (χ1n) is 10.2. The Balaban J connectivity index is 1.39. The van der Waals surface area contributed by atoms with E-state index >= 15 is 0 Å². The van der Waals surface area contributed by atoms with E-state index in [1.807, 2.05) is 36.4 Å². The van der Waals surface area contributed by atoms with E-state index in [1.54, 1.807) is 0 Å². The maximum absolute atomic E-state index is 5.95. The molecule has 0 aliphatic carbocycles. The van der Waals surface area contributed by atoms with Crippen molar-refractivity contribution in [3.05, 3.63) is 127 Å². The molecule has 0 aliphatic heterocycles. The zero-order valence-electron chi connectivity index (χ0n) is 16.9. The zero-order chi connectivity index (χ0) is 20.6. The molecule has 0 aliphatic rings. The summed E-state index contributed by atoms with van der Waals surface area (Å²) < 4.78 is 5.95. The molecule has 0 saturated heterocycles. The lowest BCUT2D eigenvalue weighted by Crippen LogP contribution is -2.02. The second-order valence-electron chi connectivity index (χ2n) is 7.16. The highest BCUT2D eigenvalue weighted by Crippen LogP contribution is 2.25. The van der Waals surface area contributed by atoms with Gasteiger partial charge in [0.15, 0.2) is 0 Å². The molecule has 0 atom stereocenters. The number of rotatable bonds is 8. The van der Waals surface area contributed by atoms with Gasteiger partial charge < -0.3 is 10.1 Å². The van der Waals surface area contributed by atoms with Crippen LogP contribution in [-0.2, 0) is 6.42 Å². The van der Waals surface area contributed by atoms with Crippen LogP contribution in [0.15, 0.2) is 116 Å². The molecule has 0 radical (unpaired) electrons. The Morgan fingerprint density at radius 2 is 1.40 bits per heavy atom. The van der Waals surface area contributed by atoms with Crippen molar-refractivity contribution in [2.75, 3.05) is 11.9 Å². The Morgan fingerprint density at radius 3 is 2.20 bits per heavy atom. The number of anilines is 1. The Morgan fingerprint density at radius 1 is 0.700 bits per heavy atom. The van der Waals surface area contributed by atoms with Crippen LogP contribution in [0.2, 0.25) is 0 Å². The van der Waals surface area contributed by atoms with Crippen molar-refractivity contribution in [3.63, 3.8) is 0 Å². The first kappa shape index (κ1) is 19.5. The molecule has 30 heavy (non-hydrogen) atoms. The van der Waals surface area contributed by atoms with Crippen LogP contribution in [0, 0.1) is 0 Å². The molecule has 148 valence electrons. The van der Waals surface area contributed by atoms with Crippen LogP contribution in [-0.4, -0.2) is 6.61 Å². The van der Waals surface area contributed by atoms with Crippen molar-refractivity contribution in [1.82, 2.24) is 0 Å². The van der Waals surface area contributed by atoms with Gasteiger partial charge >= 0.3 is 0 Å². The molecule has 0 amide bonds. The standard InChI is InChI=1S/C28H25NO/c1-22(25-14-8-15-26(20-25)24-12-6-3-7-13-24)29-27-16-9-17-28(21-27)30-19-18-23-10-4-2-5-11-23/h2-17,20-21,29H,1,18-19H2. The molecule has 0 spiro atoms. The number of ether oxygens (including phenoxy) is 1. The fourth-order valence-corrected chi connectivity index (χ4v) is 3.36. The van der Waals surface area contributed by atoms with Gasteiger partial charge in [0.2, 0.25) is 0 Å². The van der Waals surface area contributed by atoms with Gasteiger partial charge in [-0.05, 0) is 40.5 Å². The van der Waals surface area contributed by atoms with E-state index in [1.165, 1.54) is 16.7 Å². The van der Waals surface area contributed by atoms with Crippen LogP contribution >= 0.6 is 0 Å². The highest BCUT2D eigenvalue weighted by molar-refractivity contribution is 5.78. The Bertz CT molecular complexity index is 1100. The average molecular weight is 392 g/mol. The lowest BCUT2D eigenvalue weighted by Gasteiger charge is -2.13. The Labute approximate surface area is 178 Å². The van der Waals surface area contributed by atoms with Gasteiger partial charge in [0.05, 0.1) is 6.61 Å². The largest absolute Gasteiger partial charge is 0.493 e. The minimum Gasteiger partial charge on any atom is -0.493 e. The summed E-state index contributed by atoms with van der Waals surface area (Å²) in [6.45, 7) is 4.88. The second kappa shape index (κ2) is 9.62. The van der Waals surface area contributed by atoms with Gasteiger partial charge in [-0.25, -0.2) is 0 Å². The van der Waals surface area contributed by atoms with Gasteiger partial charge in [0.1, 0.15) is 5.75 Å². The Kier molecular flexibility index (Phi) is 6.26. The summed E-state index contributed by atoms with van der Waals surface area (Å²) in [5.74, 6) is 0.849. The molecular formula is C28H25NO. The van der Waals surface area contributed by atoms with Crippen molar-refractivity contribution in [2.24, 2.45) is 0 Å². The summed E-state index contributed by atoms with van der Waals surface area (Å²) in [5, 5.41) is 3.41. The van der Waals surface area contributed by atoms with Crippen LogP contribution < -0.4 is 10.1 Å². The quantitative estimate of drug-likeness (QED) is 0.347. The fourth-order valence-electron chi connectivity index (χ4n) is 3.36. The fraction of sp³-hybridized carbons (Fsp3) is 0.0714. The molecule has 1 N–H and O–H groups in total. The van der Waals surface area contributed by atoms with Gasteiger partial charge in [-0.15, -0.1) is 0 Å². The van der Waals surface area contributed by atoms with E-state index in [-0.39, 0.29) is 0 Å². The third-order valence-electron chi connectivity index (χ3n) is 4.95. The number of hydrogen-bond donors (Lipinski definition) is 1. The van der Waals surface area contributed by atoms with Crippen LogP contribution in [0.25, 0.3) is 16.8 Å². The van der Waals surface area contributed by atoms with Gasteiger partial charge in [0.25, 0.3) is 0 Å². The van der Waals surface area contributed by atoms with Crippen molar-refractivity contribution in [1.29, 1.82) is 0 Å². The Hall–Kier alpha value is -3.78. The van der Waals surface area contributed by atoms with Crippen molar-refractivity contribution >= 4 is 11.4 Å². The van der Waals surface area contributed by atoms with E-state index in [0.717, 1.165) is 29.1 Å². The van der Waals surface area contributed by atoms with E-state index < -0.39 is 0 Å². The lowest BCUT2D eigenvalue weighted by atomic mass is 10.0. The molecule has 4 aromatic rings. The van der Waals surface area contributed by atoms with Gasteiger partial charge in [0, 0.05) is 23.9 Å². The number of hydrogen-bond acceptors (Lipinski definition) is 2. The van der Waals surface area contributed by atoms with Crippen LogP contribution in [0.5, 0.6) is 5.75 Å². The van der Waals surface area contributed by atoms with Gasteiger partial charge in [-0.1, -0.05) is 91.5 Å². The summed E-state index contributed by atoms with van der Waals surface area (Å²) in [7, 11) is 0. The molecule has 0 bridgehead atoms. The second-order valence-corrected chi connectivity index (χ2v) is 7.16. The normalized spacial score (nSPS) is 10.4. The molecular weight excluding hydrogens is 366 g/mol. The number of nitrogens with one attached hydrogen (secondary N) is 1. The zero-order valence-corrected chi connectivity index (χ0v) is 16.9. The average Bonchev–Trinajstić information content (AvgIpc) is 2.81. The molecule has 2 heteroatoms.